The number of amides is 1. The fourth-order valence-corrected chi connectivity index (χ4v) is 4.25. The number of nitrogens with zero attached hydrogens (tertiary/aromatic N) is 3. The Kier molecular flexibility index (Phi) is 5.15. The minimum absolute atomic E-state index is 0.141. The molecule has 2 aromatic carbocycles. The lowest BCUT2D eigenvalue weighted by atomic mass is 10.0. The van der Waals surface area contributed by atoms with Gasteiger partial charge in [-0.25, -0.2) is 4.68 Å². The van der Waals surface area contributed by atoms with Crippen LogP contribution in [0, 0.1) is 6.92 Å². The van der Waals surface area contributed by atoms with Gasteiger partial charge in [0.2, 0.25) is 11.1 Å². The van der Waals surface area contributed by atoms with Crippen molar-refractivity contribution < 1.29 is 9.53 Å². The van der Waals surface area contributed by atoms with E-state index >= 15 is 0 Å². The number of anilines is 1. The number of aromatic nitrogens is 3. The summed E-state index contributed by atoms with van der Waals surface area (Å²) in [6, 6.07) is 14.4. The average molecular weight is 416 g/mol. The number of halogens is 1. The van der Waals surface area contributed by atoms with Gasteiger partial charge in [0.1, 0.15) is 16.8 Å². The van der Waals surface area contributed by atoms with Crippen molar-refractivity contribution in [3.8, 4) is 5.75 Å². The molecule has 3 aromatic rings. The van der Waals surface area contributed by atoms with Crippen LogP contribution < -0.4 is 15.5 Å². The summed E-state index contributed by atoms with van der Waals surface area (Å²) in [5.41, 5.74) is 4.98. The molecule has 4 rings (SSSR count). The summed E-state index contributed by atoms with van der Waals surface area (Å²) in [5.74, 6) is 1.27. The Labute approximate surface area is 171 Å². The standard InChI is InChI=1S/C19H18ClN5O2S/c1-11-22-23-19-25(11)24-16(12-6-8-13(20)9-7-12)17(28-19)18(26)21-14-4-3-5-15(10-14)27-2/h3-10,16-17,24H,1-2H3,(H,21,26)/t16-,17-/m1/s1. The van der Waals surface area contributed by atoms with Gasteiger partial charge in [-0.2, -0.15) is 0 Å². The first kappa shape index (κ1) is 18.6. The van der Waals surface area contributed by atoms with Gasteiger partial charge in [-0.1, -0.05) is 41.6 Å². The van der Waals surface area contributed by atoms with Crippen LogP contribution in [-0.2, 0) is 4.79 Å². The monoisotopic (exact) mass is 415 g/mol. The van der Waals surface area contributed by atoms with Crippen molar-refractivity contribution in [3.05, 3.63) is 64.9 Å². The number of carbonyl (C=O) groups excluding carboxylic acids is 1. The number of hydrogen-bond acceptors (Lipinski definition) is 6. The zero-order valence-corrected chi connectivity index (χ0v) is 16.8. The number of nitrogens with one attached hydrogen (secondary N) is 2. The predicted octanol–water partition coefficient (Wildman–Crippen LogP) is 3.65. The first-order chi connectivity index (χ1) is 13.5. The van der Waals surface area contributed by atoms with Crippen LogP contribution in [-0.4, -0.2) is 33.1 Å². The lowest BCUT2D eigenvalue weighted by molar-refractivity contribution is -0.116. The summed E-state index contributed by atoms with van der Waals surface area (Å²) in [5, 5.41) is 12.1. The van der Waals surface area contributed by atoms with Crippen molar-refractivity contribution in [1.29, 1.82) is 0 Å². The van der Waals surface area contributed by atoms with Gasteiger partial charge >= 0.3 is 0 Å². The van der Waals surface area contributed by atoms with Crippen molar-refractivity contribution in [1.82, 2.24) is 14.9 Å². The molecule has 0 fully saturated rings. The van der Waals surface area contributed by atoms with E-state index in [0.29, 0.717) is 21.6 Å². The van der Waals surface area contributed by atoms with E-state index in [-0.39, 0.29) is 11.9 Å². The van der Waals surface area contributed by atoms with Crippen molar-refractivity contribution in [2.24, 2.45) is 0 Å². The van der Waals surface area contributed by atoms with Gasteiger partial charge in [-0.3, -0.25) is 4.79 Å². The fourth-order valence-electron chi connectivity index (χ4n) is 2.99. The van der Waals surface area contributed by atoms with Crippen molar-refractivity contribution in [2.45, 2.75) is 23.4 Å². The smallest absolute Gasteiger partial charge is 0.240 e. The SMILES string of the molecule is COc1cccc(NC(=O)[C@@H]2Sc3nnc(C)n3N[C@@H]2c2ccc(Cl)cc2)c1. The van der Waals surface area contributed by atoms with Gasteiger partial charge in [0.05, 0.1) is 13.2 Å². The molecule has 1 aliphatic heterocycles. The second-order valence-corrected chi connectivity index (χ2v) is 7.83. The zero-order chi connectivity index (χ0) is 19.7. The summed E-state index contributed by atoms with van der Waals surface area (Å²) in [6.45, 7) is 1.86. The molecule has 0 bridgehead atoms. The van der Waals surface area contributed by atoms with Gasteiger partial charge in [0, 0.05) is 16.8 Å². The Morgan fingerprint density at radius 1 is 1.25 bits per heavy atom. The molecule has 1 amide bonds. The summed E-state index contributed by atoms with van der Waals surface area (Å²) < 4.78 is 7.03. The Hall–Kier alpha value is -2.71. The Bertz CT molecular complexity index is 1010. The molecular weight excluding hydrogens is 398 g/mol. The Balaban J connectivity index is 1.65. The van der Waals surface area contributed by atoms with Crippen LogP contribution in [0.15, 0.2) is 53.7 Å². The fraction of sp³-hybridized carbons (Fsp3) is 0.211. The van der Waals surface area contributed by atoms with E-state index in [4.69, 9.17) is 16.3 Å². The number of thioether (sulfide) groups is 1. The van der Waals surface area contributed by atoms with Crippen LogP contribution >= 0.6 is 23.4 Å². The third kappa shape index (κ3) is 3.65. The molecule has 2 atom stereocenters. The summed E-state index contributed by atoms with van der Waals surface area (Å²) in [4.78, 5) is 13.1. The topological polar surface area (TPSA) is 81.1 Å². The summed E-state index contributed by atoms with van der Waals surface area (Å²) >= 11 is 7.41. The quantitative estimate of drug-likeness (QED) is 0.677. The first-order valence-electron chi connectivity index (χ1n) is 8.61. The molecule has 144 valence electrons. The maximum Gasteiger partial charge on any atom is 0.240 e. The molecule has 28 heavy (non-hydrogen) atoms. The summed E-state index contributed by atoms with van der Waals surface area (Å²) in [6.07, 6.45) is 0. The molecule has 7 nitrogen and oxygen atoms in total. The molecule has 2 N–H and O–H groups in total. The molecule has 9 heteroatoms. The molecular formula is C19H18ClN5O2S. The third-order valence-corrected chi connectivity index (χ3v) is 5.89. The number of carbonyl (C=O) groups is 1. The number of hydrogen-bond donors (Lipinski definition) is 2. The number of methoxy groups -OCH3 is 1. The molecule has 0 saturated carbocycles. The van der Waals surface area contributed by atoms with Crippen LogP contribution in [0.5, 0.6) is 5.75 Å². The van der Waals surface area contributed by atoms with E-state index in [2.05, 4.69) is 20.9 Å². The summed E-state index contributed by atoms with van der Waals surface area (Å²) in [7, 11) is 1.59. The van der Waals surface area contributed by atoms with Gasteiger partial charge in [0.25, 0.3) is 0 Å². The van der Waals surface area contributed by atoms with E-state index < -0.39 is 5.25 Å². The Morgan fingerprint density at radius 2 is 2.04 bits per heavy atom. The van der Waals surface area contributed by atoms with E-state index in [1.165, 1.54) is 11.8 Å². The predicted molar refractivity (Wildman–Crippen MR) is 110 cm³/mol. The Morgan fingerprint density at radius 3 is 2.79 bits per heavy atom. The molecule has 1 aliphatic rings. The van der Waals surface area contributed by atoms with Gasteiger partial charge in [-0.05, 0) is 36.8 Å². The molecule has 1 aromatic heterocycles. The second-order valence-electron chi connectivity index (χ2n) is 6.28. The largest absolute Gasteiger partial charge is 0.497 e. The van der Waals surface area contributed by atoms with E-state index in [1.54, 1.807) is 17.9 Å². The van der Waals surface area contributed by atoms with Crippen LogP contribution in [0.3, 0.4) is 0 Å². The van der Waals surface area contributed by atoms with Gasteiger partial charge < -0.3 is 15.5 Å². The van der Waals surface area contributed by atoms with E-state index in [9.17, 15) is 4.79 Å². The highest BCUT2D eigenvalue weighted by atomic mass is 35.5. The molecule has 0 aliphatic carbocycles. The average Bonchev–Trinajstić information content (AvgIpc) is 3.08. The molecule has 2 heterocycles. The highest BCUT2D eigenvalue weighted by Crippen LogP contribution is 2.37. The maximum atomic E-state index is 13.1. The van der Waals surface area contributed by atoms with Gasteiger partial charge in [0.15, 0.2) is 0 Å². The molecule has 0 radical (unpaired) electrons. The number of benzene rings is 2. The minimum Gasteiger partial charge on any atom is -0.497 e. The van der Waals surface area contributed by atoms with Crippen LogP contribution in [0.1, 0.15) is 17.4 Å². The third-order valence-electron chi connectivity index (χ3n) is 4.42. The minimum atomic E-state index is -0.455. The molecule has 0 saturated heterocycles. The van der Waals surface area contributed by atoms with Gasteiger partial charge in [-0.15, -0.1) is 10.2 Å². The van der Waals surface area contributed by atoms with Crippen molar-refractivity contribution >= 4 is 35.0 Å². The lowest BCUT2D eigenvalue weighted by Gasteiger charge is -2.32. The number of ether oxygens (including phenoxy) is 1. The molecule has 0 spiro atoms. The van der Waals surface area contributed by atoms with Crippen LogP contribution in [0.2, 0.25) is 5.02 Å². The van der Waals surface area contributed by atoms with Crippen LogP contribution in [0.4, 0.5) is 5.69 Å². The second kappa shape index (κ2) is 7.73. The highest BCUT2D eigenvalue weighted by molar-refractivity contribution is 8.00. The van der Waals surface area contributed by atoms with E-state index in [1.807, 2.05) is 49.4 Å². The van der Waals surface area contributed by atoms with Crippen molar-refractivity contribution in [3.63, 3.8) is 0 Å². The lowest BCUT2D eigenvalue weighted by Crippen LogP contribution is -2.41. The normalized spacial score (nSPS) is 18.1. The van der Waals surface area contributed by atoms with Crippen molar-refractivity contribution in [2.75, 3.05) is 17.9 Å². The maximum absolute atomic E-state index is 13.1. The molecule has 0 unspecified atom stereocenters. The highest BCUT2D eigenvalue weighted by Gasteiger charge is 2.37. The number of aryl methyl sites for hydroxylation is 1. The first-order valence-corrected chi connectivity index (χ1v) is 9.86. The van der Waals surface area contributed by atoms with E-state index in [0.717, 1.165) is 11.4 Å². The zero-order valence-electron chi connectivity index (χ0n) is 15.2. The van der Waals surface area contributed by atoms with Crippen LogP contribution in [0.25, 0.3) is 0 Å². The number of rotatable bonds is 4. The number of fused-ring (bicyclic) bond motifs is 1.